The smallest absolute Gasteiger partial charge is 0.425 e. The number of nitrogens with zero attached hydrogens (tertiary/aromatic N) is 2. The van der Waals surface area contributed by atoms with E-state index in [1.54, 1.807) is 0 Å². The van der Waals surface area contributed by atoms with Gasteiger partial charge in [-0.3, -0.25) is 0 Å². The molecule has 0 fully saturated rings. The highest BCUT2D eigenvalue weighted by molar-refractivity contribution is 6.31. The number of aromatic nitrogens is 2. The summed E-state index contributed by atoms with van der Waals surface area (Å²) in [6.07, 6.45) is -5.28. The van der Waals surface area contributed by atoms with E-state index in [1.165, 1.54) is 13.2 Å². The number of hydrogen-bond acceptors (Lipinski definition) is 4. The van der Waals surface area contributed by atoms with Crippen LogP contribution in [0.5, 0.6) is 5.88 Å². The van der Waals surface area contributed by atoms with Crippen LogP contribution in [0.15, 0.2) is 6.20 Å². The summed E-state index contributed by atoms with van der Waals surface area (Å²) in [5.74, 6) is -0.167. The minimum Gasteiger partial charge on any atom is -0.464 e. The molecular formula is C8H9ClF3N3O. The largest absolute Gasteiger partial charge is 0.464 e. The summed E-state index contributed by atoms with van der Waals surface area (Å²) in [4.78, 5) is 7.38. The van der Waals surface area contributed by atoms with Crippen LogP contribution in [-0.2, 0) is 0 Å². The Kier molecular flexibility index (Phi) is 3.79. The number of rotatable bonds is 3. The molecule has 1 atom stereocenters. The van der Waals surface area contributed by atoms with E-state index in [-0.39, 0.29) is 16.9 Å². The highest BCUT2D eigenvalue weighted by Crippen LogP contribution is 2.28. The predicted molar refractivity (Wildman–Crippen MR) is 52.7 cm³/mol. The standard InChI is InChI=1S/C8H9ClF3N3O/c1-4(8(10,11)12)16-6-5(9)3-14-7(13-2)15-6/h3-4H,1-2H3,(H,13,14,15). The van der Waals surface area contributed by atoms with Crippen LogP contribution in [-0.4, -0.2) is 29.3 Å². The van der Waals surface area contributed by atoms with E-state index in [2.05, 4.69) is 20.0 Å². The molecule has 1 heterocycles. The second-order valence-corrected chi connectivity index (χ2v) is 3.31. The highest BCUT2D eigenvalue weighted by atomic mass is 35.5. The maximum absolute atomic E-state index is 12.2. The Hall–Kier alpha value is -1.24. The topological polar surface area (TPSA) is 47.0 Å². The van der Waals surface area contributed by atoms with Gasteiger partial charge in [0.15, 0.2) is 6.10 Å². The minimum atomic E-state index is -4.46. The van der Waals surface area contributed by atoms with Crippen LogP contribution in [0.2, 0.25) is 5.02 Å². The van der Waals surface area contributed by atoms with Gasteiger partial charge in [-0.1, -0.05) is 11.6 Å². The first-order chi connectivity index (χ1) is 7.34. The summed E-state index contributed by atoms with van der Waals surface area (Å²) in [5.41, 5.74) is 0. The normalized spacial score (nSPS) is 13.4. The summed E-state index contributed by atoms with van der Waals surface area (Å²) in [6.45, 7) is 0.873. The Morgan fingerprint density at radius 3 is 2.62 bits per heavy atom. The lowest BCUT2D eigenvalue weighted by Gasteiger charge is -2.17. The fraction of sp³-hybridized carbons (Fsp3) is 0.500. The quantitative estimate of drug-likeness (QED) is 0.901. The van der Waals surface area contributed by atoms with Crippen molar-refractivity contribution in [3.63, 3.8) is 0 Å². The summed E-state index contributed by atoms with van der Waals surface area (Å²) in [5, 5.41) is 2.49. The van der Waals surface area contributed by atoms with Crippen LogP contribution in [0.4, 0.5) is 19.1 Å². The van der Waals surface area contributed by atoms with Gasteiger partial charge >= 0.3 is 6.18 Å². The zero-order chi connectivity index (χ0) is 12.3. The van der Waals surface area contributed by atoms with Crippen molar-refractivity contribution in [1.82, 2.24) is 9.97 Å². The molecule has 16 heavy (non-hydrogen) atoms. The van der Waals surface area contributed by atoms with Crippen molar-refractivity contribution >= 4 is 17.5 Å². The molecule has 1 N–H and O–H groups in total. The van der Waals surface area contributed by atoms with Crippen LogP contribution in [0.25, 0.3) is 0 Å². The first-order valence-corrected chi connectivity index (χ1v) is 4.66. The zero-order valence-electron chi connectivity index (χ0n) is 8.47. The molecule has 1 unspecified atom stereocenters. The second kappa shape index (κ2) is 4.73. The van der Waals surface area contributed by atoms with Gasteiger partial charge in [0, 0.05) is 7.05 Å². The lowest BCUT2D eigenvalue weighted by Crippen LogP contribution is -2.31. The van der Waals surface area contributed by atoms with Gasteiger partial charge in [0.2, 0.25) is 11.8 Å². The molecule has 0 saturated heterocycles. The molecule has 1 rings (SSSR count). The van der Waals surface area contributed by atoms with Crippen molar-refractivity contribution in [1.29, 1.82) is 0 Å². The molecule has 0 spiro atoms. The van der Waals surface area contributed by atoms with Gasteiger partial charge in [-0.15, -0.1) is 0 Å². The van der Waals surface area contributed by atoms with Gasteiger partial charge in [-0.2, -0.15) is 18.2 Å². The fourth-order valence-corrected chi connectivity index (χ4v) is 0.924. The Bertz CT molecular complexity index is 372. The van der Waals surface area contributed by atoms with Crippen molar-refractivity contribution in [2.75, 3.05) is 12.4 Å². The molecule has 0 aliphatic carbocycles. The molecule has 4 nitrogen and oxygen atoms in total. The Morgan fingerprint density at radius 2 is 2.12 bits per heavy atom. The molecule has 0 aromatic carbocycles. The third-order valence-electron chi connectivity index (χ3n) is 1.68. The Labute approximate surface area is 94.8 Å². The van der Waals surface area contributed by atoms with Crippen LogP contribution < -0.4 is 10.1 Å². The lowest BCUT2D eigenvalue weighted by molar-refractivity contribution is -0.189. The Balaban J connectivity index is 2.88. The van der Waals surface area contributed by atoms with E-state index < -0.39 is 12.3 Å². The number of hydrogen-bond donors (Lipinski definition) is 1. The molecular weight excluding hydrogens is 247 g/mol. The third-order valence-corrected chi connectivity index (χ3v) is 1.94. The van der Waals surface area contributed by atoms with E-state index in [0.717, 1.165) is 6.92 Å². The molecule has 1 aromatic rings. The van der Waals surface area contributed by atoms with E-state index in [1.807, 2.05) is 0 Å². The van der Waals surface area contributed by atoms with Crippen LogP contribution in [0, 0.1) is 0 Å². The van der Waals surface area contributed by atoms with Gasteiger partial charge in [0.1, 0.15) is 5.02 Å². The lowest BCUT2D eigenvalue weighted by atomic mass is 10.4. The SMILES string of the molecule is CNc1ncc(Cl)c(OC(C)C(F)(F)F)n1. The van der Waals surface area contributed by atoms with Crippen molar-refractivity contribution in [2.45, 2.75) is 19.2 Å². The molecule has 90 valence electrons. The highest BCUT2D eigenvalue weighted by Gasteiger charge is 2.38. The Morgan fingerprint density at radius 1 is 1.50 bits per heavy atom. The maximum Gasteiger partial charge on any atom is 0.425 e. The van der Waals surface area contributed by atoms with Gasteiger partial charge < -0.3 is 10.1 Å². The van der Waals surface area contributed by atoms with E-state index >= 15 is 0 Å². The monoisotopic (exact) mass is 255 g/mol. The average molecular weight is 256 g/mol. The van der Waals surface area contributed by atoms with Crippen molar-refractivity contribution in [3.8, 4) is 5.88 Å². The fourth-order valence-electron chi connectivity index (χ4n) is 0.789. The maximum atomic E-state index is 12.2. The number of anilines is 1. The number of halogens is 4. The minimum absolute atomic E-state index is 0.0740. The molecule has 0 radical (unpaired) electrons. The first kappa shape index (κ1) is 12.8. The number of nitrogens with one attached hydrogen (secondary N) is 1. The molecule has 0 aliphatic rings. The average Bonchev–Trinajstić information content (AvgIpc) is 2.19. The van der Waals surface area contributed by atoms with E-state index in [4.69, 9.17) is 11.6 Å². The van der Waals surface area contributed by atoms with Gasteiger partial charge in [-0.05, 0) is 6.92 Å². The predicted octanol–water partition coefficient (Wildman–Crippen LogP) is 2.50. The number of ether oxygens (including phenoxy) is 1. The molecule has 8 heteroatoms. The number of alkyl halides is 3. The van der Waals surface area contributed by atoms with E-state index in [9.17, 15) is 13.2 Å². The molecule has 1 aromatic heterocycles. The summed E-state index contributed by atoms with van der Waals surface area (Å²) >= 11 is 5.60. The summed E-state index contributed by atoms with van der Waals surface area (Å²) in [6, 6.07) is 0. The van der Waals surface area contributed by atoms with Gasteiger partial charge in [-0.25, -0.2) is 4.98 Å². The zero-order valence-corrected chi connectivity index (χ0v) is 9.23. The molecule has 0 aliphatic heterocycles. The van der Waals surface area contributed by atoms with Crippen LogP contribution in [0.3, 0.4) is 0 Å². The van der Waals surface area contributed by atoms with E-state index in [0.29, 0.717) is 0 Å². The first-order valence-electron chi connectivity index (χ1n) is 4.28. The molecule has 0 bridgehead atoms. The van der Waals surface area contributed by atoms with Gasteiger partial charge in [0.25, 0.3) is 0 Å². The summed E-state index contributed by atoms with van der Waals surface area (Å²) < 4.78 is 41.3. The van der Waals surface area contributed by atoms with Crippen LogP contribution in [0.1, 0.15) is 6.92 Å². The summed E-state index contributed by atoms with van der Waals surface area (Å²) in [7, 11) is 1.53. The second-order valence-electron chi connectivity index (χ2n) is 2.90. The third kappa shape index (κ3) is 3.13. The molecule has 0 amide bonds. The van der Waals surface area contributed by atoms with Crippen molar-refractivity contribution < 1.29 is 17.9 Å². The molecule has 0 saturated carbocycles. The van der Waals surface area contributed by atoms with Crippen molar-refractivity contribution in [3.05, 3.63) is 11.2 Å². The van der Waals surface area contributed by atoms with Crippen molar-refractivity contribution in [2.24, 2.45) is 0 Å². The van der Waals surface area contributed by atoms with Crippen LogP contribution >= 0.6 is 11.6 Å². The van der Waals surface area contributed by atoms with Gasteiger partial charge in [0.05, 0.1) is 6.20 Å².